The summed E-state index contributed by atoms with van der Waals surface area (Å²) in [5.74, 6) is 0.708. The number of carbonyl (C=O) groups is 2. The van der Waals surface area contributed by atoms with Crippen molar-refractivity contribution < 1.29 is 23.8 Å². The predicted octanol–water partition coefficient (Wildman–Crippen LogP) is 3.02. The van der Waals surface area contributed by atoms with Crippen LogP contribution in [0, 0.1) is 6.92 Å². The molecular weight excluding hydrogens is 360 g/mol. The molecule has 0 fully saturated rings. The molecule has 2 N–H and O–H groups in total. The number of methoxy groups -OCH3 is 1. The molecule has 2 aromatic rings. The quantitative estimate of drug-likeness (QED) is 0.511. The number of ether oxygens (including phenoxy) is 3. The van der Waals surface area contributed by atoms with E-state index in [1.165, 1.54) is 7.11 Å². The summed E-state index contributed by atoms with van der Waals surface area (Å²) in [5.41, 5.74) is 5.94. The minimum atomic E-state index is -0.470. The van der Waals surface area contributed by atoms with Gasteiger partial charge in [0.15, 0.2) is 18.1 Å². The van der Waals surface area contributed by atoms with Crippen LogP contribution in [0.3, 0.4) is 0 Å². The topological polar surface area (TPSA) is 85.9 Å². The van der Waals surface area contributed by atoms with Crippen molar-refractivity contribution in [2.45, 2.75) is 26.7 Å². The van der Waals surface area contributed by atoms with Gasteiger partial charge < -0.3 is 14.2 Å². The Morgan fingerprint density at radius 1 is 0.964 bits per heavy atom. The van der Waals surface area contributed by atoms with Gasteiger partial charge in [0.1, 0.15) is 5.75 Å². The number of amides is 2. The molecule has 28 heavy (non-hydrogen) atoms. The molecule has 0 saturated carbocycles. The number of rotatable bonds is 9. The van der Waals surface area contributed by atoms with Gasteiger partial charge in [-0.25, -0.2) is 0 Å². The number of hydrogen-bond donors (Lipinski definition) is 2. The van der Waals surface area contributed by atoms with Crippen LogP contribution >= 0.6 is 0 Å². The molecule has 2 amide bonds. The number of aryl methyl sites for hydroxylation is 1. The van der Waals surface area contributed by atoms with Crippen LogP contribution < -0.4 is 25.1 Å². The van der Waals surface area contributed by atoms with E-state index in [0.29, 0.717) is 29.4 Å². The molecule has 0 spiro atoms. The van der Waals surface area contributed by atoms with E-state index in [4.69, 9.17) is 14.2 Å². The Kier molecular flexibility index (Phi) is 8.14. The molecule has 0 aromatic heterocycles. The molecule has 7 heteroatoms. The number of hydrazine groups is 1. The maximum absolute atomic E-state index is 12.3. The Morgan fingerprint density at radius 3 is 2.46 bits per heavy atom. The van der Waals surface area contributed by atoms with Crippen molar-refractivity contribution in [2.24, 2.45) is 0 Å². The van der Waals surface area contributed by atoms with Crippen LogP contribution in [0.2, 0.25) is 0 Å². The molecule has 0 bridgehead atoms. The highest BCUT2D eigenvalue weighted by atomic mass is 16.5. The van der Waals surface area contributed by atoms with Gasteiger partial charge in [-0.3, -0.25) is 20.4 Å². The number of para-hydroxylation sites is 1. The lowest BCUT2D eigenvalue weighted by Gasteiger charge is -2.13. The summed E-state index contributed by atoms with van der Waals surface area (Å²) in [6.45, 7) is 4.33. The van der Waals surface area contributed by atoms with Crippen molar-refractivity contribution in [1.29, 1.82) is 0 Å². The maximum Gasteiger partial charge on any atom is 0.276 e. The third kappa shape index (κ3) is 6.19. The molecule has 0 atom stereocenters. The van der Waals surface area contributed by atoms with Crippen LogP contribution in [0.15, 0.2) is 42.5 Å². The second-order valence-electron chi connectivity index (χ2n) is 6.12. The van der Waals surface area contributed by atoms with E-state index in [2.05, 4.69) is 17.8 Å². The molecule has 0 aliphatic heterocycles. The number of carbonyl (C=O) groups excluding carboxylic acids is 2. The molecule has 0 aliphatic carbocycles. The number of hydrogen-bond acceptors (Lipinski definition) is 5. The molecule has 2 rings (SSSR count). The van der Waals surface area contributed by atoms with Crippen LogP contribution in [0.1, 0.15) is 35.7 Å². The molecular formula is C21H26N2O5. The molecule has 0 radical (unpaired) electrons. The van der Waals surface area contributed by atoms with Gasteiger partial charge in [-0.1, -0.05) is 31.5 Å². The number of benzene rings is 2. The van der Waals surface area contributed by atoms with E-state index >= 15 is 0 Å². The van der Waals surface area contributed by atoms with E-state index in [1.807, 2.05) is 25.1 Å². The van der Waals surface area contributed by atoms with Crippen molar-refractivity contribution >= 4 is 11.8 Å². The second-order valence-corrected chi connectivity index (χ2v) is 6.12. The minimum Gasteiger partial charge on any atom is -0.493 e. The first-order chi connectivity index (χ1) is 13.5. The molecule has 2 aromatic carbocycles. The van der Waals surface area contributed by atoms with Crippen LogP contribution in [0.4, 0.5) is 0 Å². The summed E-state index contributed by atoms with van der Waals surface area (Å²) in [6.07, 6.45) is 1.96. The van der Waals surface area contributed by atoms with Crippen LogP contribution in [0.5, 0.6) is 17.2 Å². The average Bonchev–Trinajstić information content (AvgIpc) is 2.71. The second kappa shape index (κ2) is 10.8. The van der Waals surface area contributed by atoms with E-state index < -0.39 is 11.8 Å². The van der Waals surface area contributed by atoms with Crippen molar-refractivity contribution in [2.75, 3.05) is 20.3 Å². The first kappa shape index (κ1) is 21.1. The standard InChI is InChI=1S/C21H26N2O5/c1-4-5-12-27-18-11-10-16(13-19(18)26-3)21(25)23-22-20(24)14-28-17-9-7-6-8-15(17)2/h6-11,13H,4-5,12,14H2,1-3H3,(H,22,24)(H,23,25). The SMILES string of the molecule is CCCCOc1ccc(C(=O)NNC(=O)COc2ccccc2C)cc1OC. The molecule has 0 saturated heterocycles. The first-order valence-electron chi connectivity index (χ1n) is 9.13. The third-order valence-electron chi connectivity index (χ3n) is 3.95. The van der Waals surface area contributed by atoms with E-state index in [1.54, 1.807) is 24.3 Å². The van der Waals surface area contributed by atoms with Gasteiger partial charge >= 0.3 is 0 Å². The zero-order chi connectivity index (χ0) is 20.4. The Bertz CT molecular complexity index is 807. The van der Waals surface area contributed by atoms with Gasteiger partial charge in [0.05, 0.1) is 13.7 Å². The van der Waals surface area contributed by atoms with Gasteiger partial charge in [0.25, 0.3) is 11.8 Å². The van der Waals surface area contributed by atoms with Crippen molar-refractivity contribution in [3.8, 4) is 17.2 Å². The maximum atomic E-state index is 12.3. The summed E-state index contributed by atoms with van der Waals surface area (Å²) in [7, 11) is 1.51. The lowest BCUT2D eigenvalue weighted by Crippen LogP contribution is -2.43. The zero-order valence-corrected chi connectivity index (χ0v) is 16.4. The average molecular weight is 386 g/mol. The van der Waals surface area contributed by atoms with Gasteiger partial charge in [0.2, 0.25) is 0 Å². The lowest BCUT2D eigenvalue weighted by molar-refractivity contribution is -0.123. The van der Waals surface area contributed by atoms with Gasteiger partial charge in [-0.2, -0.15) is 0 Å². The summed E-state index contributed by atoms with van der Waals surface area (Å²) >= 11 is 0. The zero-order valence-electron chi connectivity index (χ0n) is 16.4. The van der Waals surface area contributed by atoms with Crippen LogP contribution in [-0.2, 0) is 4.79 Å². The minimum absolute atomic E-state index is 0.210. The fourth-order valence-corrected chi connectivity index (χ4v) is 2.35. The molecule has 0 unspecified atom stereocenters. The van der Waals surface area contributed by atoms with Gasteiger partial charge in [0, 0.05) is 5.56 Å². The Balaban J connectivity index is 1.86. The van der Waals surface area contributed by atoms with Gasteiger partial charge in [-0.15, -0.1) is 0 Å². The van der Waals surface area contributed by atoms with Crippen molar-refractivity contribution in [1.82, 2.24) is 10.9 Å². The Labute approximate surface area is 165 Å². The molecule has 150 valence electrons. The van der Waals surface area contributed by atoms with Crippen molar-refractivity contribution in [3.05, 3.63) is 53.6 Å². The Hall–Kier alpha value is -3.22. The predicted molar refractivity (Wildman–Crippen MR) is 106 cm³/mol. The molecule has 0 aliphatic rings. The summed E-state index contributed by atoms with van der Waals surface area (Å²) in [5, 5.41) is 0. The monoisotopic (exact) mass is 386 g/mol. The summed E-state index contributed by atoms with van der Waals surface area (Å²) in [4.78, 5) is 24.1. The van der Waals surface area contributed by atoms with E-state index in [-0.39, 0.29) is 6.61 Å². The molecule has 0 heterocycles. The smallest absolute Gasteiger partial charge is 0.276 e. The number of nitrogens with one attached hydrogen (secondary N) is 2. The van der Waals surface area contributed by atoms with E-state index in [9.17, 15) is 9.59 Å². The Morgan fingerprint density at radius 2 is 1.75 bits per heavy atom. The van der Waals surface area contributed by atoms with Gasteiger partial charge in [-0.05, 0) is 43.2 Å². The fourth-order valence-electron chi connectivity index (χ4n) is 2.35. The number of unbranched alkanes of at least 4 members (excludes halogenated alkanes) is 1. The van der Waals surface area contributed by atoms with Crippen LogP contribution in [0.25, 0.3) is 0 Å². The first-order valence-corrected chi connectivity index (χ1v) is 9.13. The van der Waals surface area contributed by atoms with Crippen LogP contribution in [-0.4, -0.2) is 32.1 Å². The highest BCUT2D eigenvalue weighted by molar-refractivity contribution is 5.96. The van der Waals surface area contributed by atoms with E-state index in [0.717, 1.165) is 18.4 Å². The fraction of sp³-hybridized carbons (Fsp3) is 0.333. The summed E-state index contributed by atoms with van der Waals surface area (Å²) < 4.78 is 16.4. The summed E-state index contributed by atoms with van der Waals surface area (Å²) in [6, 6.07) is 12.2. The normalized spacial score (nSPS) is 10.1. The van der Waals surface area contributed by atoms with Crippen molar-refractivity contribution in [3.63, 3.8) is 0 Å². The highest BCUT2D eigenvalue weighted by Crippen LogP contribution is 2.28. The molecule has 7 nitrogen and oxygen atoms in total. The third-order valence-corrected chi connectivity index (χ3v) is 3.95. The highest BCUT2D eigenvalue weighted by Gasteiger charge is 2.12. The lowest BCUT2D eigenvalue weighted by atomic mass is 10.2. The largest absolute Gasteiger partial charge is 0.493 e.